The normalized spacial score (nSPS) is 19.3. The Morgan fingerprint density at radius 3 is 2.53 bits per heavy atom. The fraction of sp³-hybridized carbons (Fsp3) is 0.375. The number of allylic oxidation sites excluding steroid dienone is 1. The molecule has 96 valence electrons. The summed E-state index contributed by atoms with van der Waals surface area (Å²) in [6.45, 7) is 6.66. The Morgan fingerprint density at radius 1 is 1.32 bits per heavy atom. The highest BCUT2D eigenvalue weighted by molar-refractivity contribution is 5.70. The summed E-state index contributed by atoms with van der Waals surface area (Å²) in [6, 6.07) is 10.3. The maximum atomic E-state index is 8.82. The molecule has 1 aliphatic rings. The number of hydrogen-bond donors (Lipinski definition) is 0. The number of likely N-dealkylation sites (N-methyl/N-ethyl adjacent to an activating group) is 1. The third kappa shape index (κ3) is 1.98. The smallest absolute Gasteiger partial charge is 0.130 e. The van der Waals surface area contributed by atoms with Crippen molar-refractivity contribution in [1.82, 2.24) is 0 Å². The molecule has 19 heavy (non-hydrogen) atoms. The number of benzene rings is 1. The third-order valence-electron chi connectivity index (χ3n) is 4.27. The zero-order valence-electron chi connectivity index (χ0n) is 11.7. The number of nitrogens with zero attached hydrogens (tertiary/aromatic N) is 3. The standard InChI is InChI=1S/C16H17N3/c1-11-16(2,3)14-8-12(7-13(9-17)10-18)5-6-15(14)19(11)4/h5-8,11H,1-4H3/t11-/m0/s1. The van der Waals surface area contributed by atoms with Gasteiger partial charge in [0.05, 0.1) is 0 Å². The molecular weight excluding hydrogens is 234 g/mol. The highest BCUT2D eigenvalue weighted by Crippen LogP contribution is 2.44. The van der Waals surface area contributed by atoms with Crippen molar-refractivity contribution in [2.75, 3.05) is 11.9 Å². The van der Waals surface area contributed by atoms with Crippen LogP contribution in [-0.2, 0) is 5.41 Å². The molecule has 1 heterocycles. The maximum Gasteiger partial charge on any atom is 0.130 e. The molecule has 0 saturated carbocycles. The molecule has 0 unspecified atom stereocenters. The molecule has 1 aliphatic heterocycles. The van der Waals surface area contributed by atoms with Crippen LogP contribution in [0.4, 0.5) is 5.69 Å². The molecule has 2 rings (SSSR count). The van der Waals surface area contributed by atoms with E-state index in [-0.39, 0.29) is 11.0 Å². The van der Waals surface area contributed by atoms with E-state index in [0.29, 0.717) is 6.04 Å². The van der Waals surface area contributed by atoms with Gasteiger partial charge in [0.2, 0.25) is 0 Å². The van der Waals surface area contributed by atoms with Crippen LogP contribution in [0.1, 0.15) is 31.9 Å². The van der Waals surface area contributed by atoms with Crippen molar-refractivity contribution >= 4 is 11.8 Å². The molecule has 0 aliphatic carbocycles. The topological polar surface area (TPSA) is 50.8 Å². The Bertz CT molecular complexity index is 610. The zero-order chi connectivity index (χ0) is 14.2. The first-order valence-electron chi connectivity index (χ1n) is 6.31. The van der Waals surface area contributed by atoms with Crippen LogP contribution in [0.5, 0.6) is 0 Å². The van der Waals surface area contributed by atoms with E-state index in [2.05, 4.69) is 44.9 Å². The molecule has 0 radical (unpaired) electrons. The Morgan fingerprint density at radius 2 is 1.95 bits per heavy atom. The molecule has 0 fully saturated rings. The van der Waals surface area contributed by atoms with E-state index >= 15 is 0 Å². The third-order valence-corrected chi connectivity index (χ3v) is 4.27. The first-order chi connectivity index (χ1) is 8.91. The predicted molar refractivity (Wildman–Crippen MR) is 76.5 cm³/mol. The summed E-state index contributed by atoms with van der Waals surface area (Å²) < 4.78 is 0. The molecule has 0 bridgehead atoms. The minimum absolute atomic E-state index is 0.0629. The predicted octanol–water partition coefficient (Wildman–Crippen LogP) is 3.23. The Hall–Kier alpha value is -2.26. The van der Waals surface area contributed by atoms with E-state index in [1.54, 1.807) is 6.08 Å². The number of hydrogen-bond acceptors (Lipinski definition) is 3. The Balaban J connectivity index is 2.54. The largest absolute Gasteiger partial charge is 0.371 e. The van der Waals surface area contributed by atoms with Crippen molar-refractivity contribution in [2.45, 2.75) is 32.2 Å². The fourth-order valence-electron chi connectivity index (χ4n) is 2.64. The van der Waals surface area contributed by atoms with Gasteiger partial charge in [0, 0.05) is 24.2 Å². The zero-order valence-corrected chi connectivity index (χ0v) is 11.7. The summed E-state index contributed by atoms with van der Waals surface area (Å²) in [5.74, 6) is 0. The first-order valence-corrected chi connectivity index (χ1v) is 6.31. The summed E-state index contributed by atoms with van der Waals surface area (Å²) >= 11 is 0. The second kappa shape index (κ2) is 4.44. The monoisotopic (exact) mass is 251 g/mol. The van der Waals surface area contributed by atoms with Crippen LogP contribution in [0.25, 0.3) is 6.08 Å². The van der Waals surface area contributed by atoms with Gasteiger partial charge >= 0.3 is 0 Å². The highest BCUT2D eigenvalue weighted by atomic mass is 15.2. The van der Waals surface area contributed by atoms with Crippen LogP contribution in [0.2, 0.25) is 0 Å². The Labute approximate surface area is 114 Å². The first kappa shape index (κ1) is 13.2. The molecule has 0 amide bonds. The van der Waals surface area contributed by atoms with Crippen molar-refractivity contribution in [3.05, 3.63) is 34.9 Å². The average molecular weight is 251 g/mol. The van der Waals surface area contributed by atoms with E-state index in [0.717, 1.165) is 5.56 Å². The summed E-state index contributed by atoms with van der Waals surface area (Å²) in [5.41, 5.74) is 3.61. The second-order valence-electron chi connectivity index (χ2n) is 5.57. The van der Waals surface area contributed by atoms with Crippen LogP contribution >= 0.6 is 0 Å². The molecule has 0 N–H and O–H groups in total. The number of nitriles is 2. The lowest BCUT2D eigenvalue weighted by Crippen LogP contribution is -2.36. The number of anilines is 1. The van der Waals surface area contributed by atoms with E-state index in [4.69, 9.17) is 10.5 Å². The second-order valence-corrected chi connectivity index (χ2v) is 5.57. The summed E-state index contributed by atoms with van der Waals surface area (Å²) in [6.07, 6.45) is 1.64. The van der Waals surface area contributed by atoms with Crippen molar-refractivity contribution in [3.8, 4) is 12.1 Å². The van der Waals surface area contributed by atoms with Crippen LogP contribution < -0.4 is 4.90 Å². The van der Waals surface area contributed by atoms with Crippen molar-refractivity contribution in [1.29, 1.82) is 10.5 Å². The quantitative estimate of drug-likeness (QED) is 0.720. The molecule has 0 aromatic heterocycles. The van der Waals surface area contributed by atoms with Crippen molar-refractivity contribution in [2.24, 2.45) is 0 Å². The van der Waals surface area contributed by atoms with Gasteiger partial charge in [-0.3, -0.25) is 0 Å². The molecule has 0 saturated heterocycles. The lowest BCUT2D eigenvalue weighted by Gasteiger charge is -2.28. The van der Waals surface area contributed by atoms with Gasteiger partial charge in [-0.2, -0.15) is 10.5 Å². The lowest BCUT2D eigenvalue weighted by molar-refractivity contribution is 0.454. The minimum Gasteiger partial charge on any atom is -0.371 e. The SMILES string of the molecule is C[C@@H]1N(C)c2ccc(C=C(C#N)C#N)cc2C1(C)C. The van der Waals surface area contributed by atoms with Crippen molar-refractivity contribution in [3.63, 3.8) is 0 Å². The molecule has 1 atom stereocenters. The van der Waals surface area contributed by atoms with Gasteiger partial charge in [-0.05, 0) is 36.3 Å². The van der Waals surface area contributed by atoms with E-state index in [9.17, 15) is 0 Å². The fourth-order valence-corrected chi connectivity index (χ4v) is 2.64. The molecule has 3 heteroatoms. The Kier molecular flexibility index (Phi) is 3.08. The number of rotatable bonds is 1. The van der Waals surface area contributed by atoms with E-state index in [1.165, 1.54) is 11.3 Å². The van der Waals surface area contributed by atoms with Crippen LogP contribution in [0.15, 0.2) is 23.8 Å². The number of fused-ring (bicyclic) bond motifs is 1. The van der Waals surface area contributed by atoms with Gasteiger partial charge in [-0.25, -0.2) is 0 Å². The van der Waals surface area contributed by atoms with Gasteiger partial charge in [-0.15, -0.1) is 0 Å². The minimum atomic E-state index is 0.0629. The van der Waals surface area contributed by atoms with E-state index in [1.807, 2.05) is 18.2 Å². The summed E-state index contributed by atoms with van der Waals surface area (Å²) in [5, 5.41) is 17.6. The molecular formula is C16H17N3. The lowest BCUT2D eigenvalue weighted by atomic mass is 9.81. The van der Waals surface area contributed by atoms with Gasteiger partial charge < -0.3 is 4.90 Å². The molecule has 1 aromatic carbocycles. The molecule has 1 aromatic rings. The summed E-state index contributed by atoms with van der Waals surface area (Å²) in [7, 11) is 2.10. The maximum absolute atomic E-state index is 8.82. The van der Waals surface area contributed by atoms with Crippen LogP contribution in [0, 0.1) is 22.7 Å². The van der Waals surface area contributed by atoms with Gasteiger partial charge in [0.1, 0.15) is 17.7 Å². The highest BCUT2D eigenvalue weighted by Gasteiger charge is 2.39. The van der Waals surface area contributed by atoms with Gasteiger partial charge in [-0.1, -0.05) is 19.9 Å². The average Bonchev–Trinajstić information content (AvgIpc) is 2.58. The van der Waals surface area contributed by atoms with Crippen LogP contribution in [-0.4, -0.2) is 13.1 Å². The van der Waals surface area contributed by atoms with Crippen LogP contribution in [0.3, 0.4) is 0 Å². The van der Waals surface area contributed by atoms with E-state index < -0.39 is 0 Å². The van der Waals surface area contributed by atoms with Gasteiger partial charge in [0.15, 0.2) is 0 Å². The molecule has 0 spiro atoms. The molecule has 3 nitrogen and oxygen atoms in total. The van der Waals surface area contributed by atoms with Gasteiger partial charge in [0.25, 0.3) is 0 Å². The summed E-state index contributed by atoms with van der Waals surface area (Å²) in [4.78, 5) is 2.28. The van der Waals surface area contributed by atoms with Crippen molar-refractivity contribution < 1.29 is 0 Å².